The number of Topliss-reactive ketones (excluding diaryl/α,β-unsaturated/α-hetero) is 1. The van der Waals surface area contributed by atoms with Crippen molar-refractivity contribution in [2.24, 2.45) is 5.92 Å². The first-order valence-electron chi connectivity index (χ1n) is 9.13. The van der Waals surface area contributed by atoms with Crippen LogP contribution in [0.4, 0.5) is 0 Å². The summed E-state index contributed by atoms with van der Waals surface area (Å²) in [6.45, 7) is 2.64. The molecule has 1 amide bonds. The lowest BCUT2D eigenvalue weighted by molar-refractivity contribution is -0.135. The maximum Gasteiger partial charge on any atom is 0.290 e. The molecule has 0 saturated heterocycles. The van der Waals surface area contributed by atoms with Gasteiger partial charge in [-0.05, 0) is 43.4 Å². The summed E-state index contributed by atoms with van der Waals surface area (Å²) < 4.78 is 6.09. The minimum Gasteiger partial charge on any atom is -0.483 e. The Morgan fingerprint density at radius 2 is 1.88 bits per heavy atom. The van der Waals surface area contributed by atoms with E-state index in [-0.39, 0.29) is 29.8 Å². The van der Waals surface area contributed by atoms with Crippen molar-refractivity contribution in [2.75, 3.05) is 6.54 Å². The molecule has 4 nitrogen and oxygen atoms in total. The van der Waals surface area contributed by atoms with Gasteiger partial charge < -0.3 is 9.64 Å². The van der Waals surface area contributed by atoms with Gasteiger partial charge in [0.05, 0.1) is 17.5 Å². The van der Waals surface area contributed by atoms with Crippen LogP contribution < -0.4 is 0 Å². The Labute approximate surface area is 152 Å². The van der Waals surface area contributed by atoms with Gasteiger partial charge in [0.25, 0.3) is 5.91 Å². The van der Waals surface area contributed by atoms with E-state index in [1.54, 1.807) is 4.90 Å². The summed E-state index contributed by atoms with van der Waals surface area (Å²) in [4.78, 5) is 28.0. The predicted molar refractivity (Wildman–Crippen MR) is 95.1 cm³/mol. The highest BCUT2D eigenvalue weighted by molar-refractivity contribution is 6.30. The van der Waals surface area contributed by atoms with Crippen molar-refractivity contribution in [1.82, 2.24) is 4.90 Å². The number of benzene rings is 1. The Balaban J connectivity index is 1.79. The molecule has 2 heterocycles. The number of ether oxygens (including phenoxy) is 1. The molecule has 0 spiro atoms. The summed E-state index contributed by atoms with van der Waals surface area (Å²) in [5, 5.41) is 0.642. The molecule has 0 radical (unpaired) electrons. The van der Waals surface area contributed by atoms with Gasteiger partial charge in [-0.15, -0.1) is 0 Å². The number of ketones is 1. The number of carbonyl (C=O) groups excluding carboxylic acids is 2. The van der Waals surface area contributed by atoms with Crippen LogP contribution in [0, 0.1) is 5.92 Å². The van der Waals surface area contributed by atoms with Gasteiger partial charge in [0.1, 0.15) is 6.10 Å². The summed E-state index contributed by atoms with van der Waals surface area (Å²) in [6, 6.07) is 7.07. The van der Waals surface area contributed by atoms with Crippen LogP contribution >= 0.6 is 11.6 Å². The Kier molecular flexibility index (Phi) is 4.32. The summed E-state index contributed by atoms with van der Waals surface area (Å²) in [6.07, 6.45) is 4.53. The van der Waals surface area contributed by atoms with Gasteiger partial charge in [-0.1, -0.05) is 37.1 Å². The van der Waals surface area contributed by atoms with Crippen LogP contribution in [0.1, 0.15) is 50.6 Å². The first-order chi connectivity index (χ1) is 12.1. The molecule has 5 heteroatoms. The molecule has 0 bridgehead atoms. The highest BCUT2D eigenvalue weighted by atomic mass is 35.5. The molecular formula is C20H22ClNO3. The molecule has 25 heavy (non-hydrogen) atoms. The van der Waals surface area contributed by atoms with Crippen LogP contribution in [-0.2, 0) is 14.3 Å². The number of rotatable bonds is 3. The second-order valence-electron chi connectivity index (χ2n) is 7.11. The summed E-state index contributed by atoms with van der Waals surface area (Å²) in [5.74, 6) is 0.158. The maximum absolute atomic E-state index is 13.2. The third kappa shape index (κ3) is 2.67. The molecule has 3 atom stereocenters. The zero-order valence-corrected chi connectivity index (χ0v) is 15.1. The van der Waals surface area contributed by atoms with Crippen LogP contribution in [0.2, 0.25) is 5.02 Å². The molecule has 0 aromatic heterocycles. The third-order valence-corrected chi connectivity index (χ3v) is 5.76. The summed E-state index contributed by atoms with van der Waals surface area (Å²) >= 11 is 6.02. The average Bonchev–Trinajstić information content (AvgIpc) is 2.89. The lowest BCUT2D eigenvalue weighted by atomic mass is 9.77. The quantitative estimate of drug-likeness (QED) is 0.818. The van der Waals surface area contributed by atoms with Crippen molar-refractivity contribution in [2.45, 2.75) is 51.2 Å². The van der Waals surface area contributed by atoms with Crippen molar-refractivity contribution >= 4 is 23.3 Å². The smallest absolute Gasteiger partial charge is 0.290 e. The Hall–Kier alpha value is -1.81. The van der Waals surface area contributed by atoms with Gasteiger partial charge in [0, 0.05) is 11.6 Å². The van der Waals surface area contributed by atoms with E-state index in [0.29, 0.717) is 22.9 Å². The lowest BCUT2D eigenvalue weighted by Gasteiger charge is -2.35. The largest absolute Gasteiger partial charge is 0.483 e. The van der Waals surface area contributed by atoms with Gasteiger partial charge in [-0.3, -0.25) is 9.59 Å². The molecule has 4 rings (SSSR count). The molecule has 3 aliphatic rings. The molecule has 1 aliphatic carbocycles. The number of hydrogen-bond acceptors (Lipinski definition) is 3. The van der Waals surface area contributed by atoms with Gasteiger partial charge in [0.2, 0.25) is 0 Å². The molecule has 1 saturated carbocycles. The fraction of sp³-hybridized carbons (Fsp3) is 0.500. The molecule has 0 N–H and O–H groups in total. The lowest BCUT2D eigenvalue weighted by Crippen LogP contribution is -2.39. The number of halogens is 1. The average molecular weight is 360 g/mol. The van der Waals surface area contributed by atoms with Crippen molar-refractivity contribution in [1.29, 1.82) is 0 Å². The second kappa shape index (κ2) is 6.49. The predicted octanol–water partition coefficient (Wildman–Crippen LogP) is 4.05. The van der Waals surface area contributed by atoms with Crippen molar-refractivity contribution in [3.05, 3.63) is 46.2 Å². The summed E-state index contributed by atoms with van der Waals surface area (Å²) in [5.41, 5.74) is 1.48. The van der Waals surface area contributed by atoms with E-state index in [0.717, 1.165) is 37.7 Å². The van der Waals surface area contributed by atoms with Crippen molar-refractivity contribution < 1.29 is 14.3 Å². The molecule has 1 aromatic carbocycles. The van der Waals surface area contributed by atoms with E-state index in [1.807, 2.05) is 31.2 Å². The Morgan fingerprint density at radius 3 is 2.60 bits per heavy atom. The summed E-state index contributed by atoms with van der Waals surface area (Å²) in [7, 11) is 0. The molecule has 1 aromatic rings. The Morgan fingerprint density at radius 1 is 1.16 bits per heavy atom. The zero-order chi connectivity index (χ0) is 17.6. The van der Waals surface area contributed by atoms with Gasteiger partial charge in [-0.2, -0.15) is 0 Å². The van der Waals surface area contributed by atoms with Crippen LogP contribution in [0.5, 0.6) is 0 Å². The minimum atomic E-state index is -0.352. The second-order valence-corrected chi connectivity index (χ2v) is 7.54. The normalized spacial score (nSPS) is 28.7. The van der Waals surface area contributed by atoms with E-state index in [9.17, 15) is 9.59 Å². The van der Waals surface area contributed by atoms with E-state index >= 15 is 0 Å². The van der Waals surface area contributed by atoms with Gasteiger partial charge in [0.15, 0.2) is 11.5 Å². The first-order valence-corrected chi connectivity index (χ1v) is 9.51. The monoisotopic (exact) mass is 359 g/mol. The standard InChI is InChI=1S/C20H22ClNO3/c1-2-11-22-17(12-7-9-13(21)10-8-12)16-18(23)14-5-3-4-6-15(14)25-19(16)20(22)24/h7-10,14-15,17H,2-6,11H2,1H3. The van der Waals surface area contributed by atoms with Crippen molar-refractivity contribution in [3.63, 3.8) is 0 Å². The van der Waals surface area contributed by atoms with E-state index in [4.69, 9.17) is 16.3 Å². The molecular weight excluding hydrogens is 338 g/mol. The Bertz CT molecular complexity index is 740. The highest BCUT2D eigenvalue weighted by Gasteiger charge is 2.51. The third-order valence-electron chi connectivity index (χ3n) is 5.51. The zero-order valence-electron chi connectivity index (χ0n) is 14.3. The highest BCUT2D eigenvalue weighted by Crippen LogP contribution is 2.46. The van der Waals surface area contributed by atoms with Crippen LogP contribution in [0.3, 0.4) is 0 Å². The van der Waals surface area contributed by atoms with Crippen LogP contribution in [0.25, 0.3) is 0 Å². The van der Waals surface area contributed by atoms with Gasteiger partial charge in [-0.25, -0.2) is 0 Å². The number of amides is 1. The molecule has 1 fully saturated rings. The van der Waals surface area contributed by atoms with E-state index in [2.05, 4.69) is 0 Å². The number of fused-ring (bicyclic) bond motifs is 1. The number of hydrogen-bond donors (Lipinski definition) is 0. The number of carbonyl (C=O) groups is 2. The SMILES string of the molecule is CCCN1C(=O)C2=C(C(=O)C3CCCCC3O2)C1c1ccc(Cl)cc1. The number of nitrogens with zero attached hydrogens (tertiary/aromatic N) is 1. The fourth-order valence-corrected chi connectivity index (χ4v) is 4.48. The topological polar surface area (TPSA) is 46.6 Å². The molecule has 2 aliphatic heterocycles. The molecule has 3 unspecified atom stereocenters. The van der Waals surface area contributed by atoms with E-state index < -0.39 is 0 Å². The van der Waals surface area contributed by atoms with E-state index in [1.165, 1.54) is 0 Å². The van der Waals surface area contributed by atoms with Crippen molar-refractivity contribution in [3.8, 4) is 0 Å². The van der Waals surface area contributed by atoms with Gasteiger partial charge >= 0.3 is 0 Å². The molecule has 132 valence electrons. The first kappa shape index (κ1) is 16.6. The fourth-order valence-electron chi connectivity index (χ4n) is 4.36. The van der Waals surface area contributed by atoms with Crippen LogP contribution in [-0.4, -0.2) is 29.2 Å². The minimum absolute atomic E-state index is 0.100. The van der Waals surface area contributed by atoms with Crippen LogP contribution in [0.15, 0.2) is 35.6 Å². The maximum atomic E-state index is 13.2.